The van der Waals surface area contributed by atoms with Crippen LogP contribution in [0.3, 0.4) is 0 Å². The summed E-state index contributed by atoms with van der Waals surface area (Å²) in [7, 11) is -3.83. The summed E-state index contributed by atoms with van der Waals surface area (Å²) in [5.74, 6) is 0.513. The molecule has 3 aromatic rings. The summed E-state index contributed by atoms with van der Waals surface area (Å²) >= 11 is 0. The van der Waals surface area contributed by atoms with E-state index in [1.165, 1.54) is 29.2 Å². The molecule has 1 heterocycles. The van der Waals surface area contributed by atoms with Crippen molar-refractivity contribution >= 4 is 15.7 Å². The van der Waals surface area contributed by atoms with E-state index in [0.29, 0.717) is 29.3 Å². The summed E-state index contributed by atoms with van der Waals surface area (Å²) in [6.45, 7) is 2.01. The second-order valence-corrected chi connectivity index (χ2v) is 6.95. The SMILES string of the molecule is CCOc1ccc(NS(=O)(=O)c2cccc(-n3cnnn3)c2)cc1CO. The van der Waals surface area contributed by atoms with Crippen LogP contribution < -0.4 is 9.46 Å². The minimum Gasteiger partial charge on any atom is -0.494 e. The maximum atomic E-state index is 12.7. The molecule has 0 aliphatic heterocycles. The maximum absolute atomic E-state index is 12.7. The number of rotatable bonds is 7. The normalized spacial score (nSPS) is 11.3. The molecule has 26 heavy (non-hydrogen) atoms. The number of tetrazole rings is 1. The second kappa shape index (κ2) is 7.50. The predicted molar refractivity (Wildman–Crippen MR) is 93.5 cm³/mol. The minimum absolute atomic E-state index is 0.0601. The molecule has 0 aliphatic rings. The van der Waals surface area contributed by atoms with Crippen LogP contribution in [0.1, 0.15) is 12.5 Å². The van der Waals surface area contributed by atoms with Gasteiger partial charge in [-0.2, -0.15) is 0 Å². The van der Waals surface area contributed by atoms with Gasteiger partial charge in [0, 0.05) is 11.3 Å². The fourth-order valence-electron chi connectivity index (χ4n) is 2.35. The van der Waals surface area contributed by atoms with Crippen molar-refractivity contribution in [2.45, 2.75) is 18.4 Å². The first-order valence-corrected chi connectivity index (χ1v) is 9.24. The van der Waals surface area contributed by atoms with E-state index >= 15 is 0 Å². The molecule has 3 rings (SSSR count). The molecule has 2 N–H and O–H groups in total. The van der Waals surface area contributed by atoms with E-state index in [-0.39, 0.29) is 11.5 Å². The van der Waals surface area contributed by atoms with Gasteiger partial charge in [0.1, 0.15) is 12.1 Å². The first-order valence-electron chi connectivity index (χ1n) is 7.76. The zero-order valence-corrected chi connectivity index (χ0v) is 14.7. The molecular formula is C16H17N5O4S. The van der Waals surface area contributed by atoms with Gasteiger partial charge >= 0.3 is 0 Å². The van der Waals surface area contributed by atoms with Gasteiger partial charge in [0.25, 0.3) is 10.0 Å². The molecule has 0 saturated carbocycles. The fraction of sp³-hybridized carbons (Fsp3) is 0.188. The van der Waals surface area contributed by atoms with Crippen LogP contribution in [0, 0.1) is 0 Å². The van der Waals surface area contributed by atoms with Crippen molar-refractivity contribution in [1.82, 2.24) is 20.2 Å². The number of nitrogens with zero attached hydrogens (tertiary/aromatic N) is 4. The van der Waals surface area contributed by atoms with E-state index < -0.39 is 10.0 Å². The van der Waals surface area contributed by atoms with Gasteiger partial charge in [0.2, 0.25) is 0 Å². The van der Waals surface area contributed by atoms with Crippen LogP contribution in [-0.4, -0.2) is 40.3 Å². The molecule has 136 valence electrons. The Bertz CT molecular complexity index is 990. The number of ether oxygens (including phenoxy) is 1. The molecule has 0 spiro atoms. The number of hydrogen-bond donors (Lipinski definition) is 2. The number of aromatic nitrogens is 4. The van der Waals surface area contributed by atoms with E-state index in [4.69, 9.17) is 4.74 Å². The van der Waals surface area contributed by atoms with E-state index in [0.717, 1.165) is 0 Å². The molecule has 1 aromatic heterocycles. The van der Waals surface area contributed by atoms with Gasteiger partial charge < -0.3 is 9.84 Å². The summed E-state index contributed by atoms with van der Waals surface area (Å²) in [6.07, 6.45) is 1.37. The highest BCUT2D eigenvalue weighted by atomic mass is 32.2. The predicted octanol–water partition coefficient (Wildman–Crippen LogP) is 1.35. The Balaban J connectivity index is 1.89. The summed E-state index contributed by atoms with van der Waals surface area (Å²) < 4.78 is 34.6. The largest absolute Gasteiger partial charge is 0.494 e. The molecule has 0 bridgehead atoms. The molecule has 0 atom stereocenters. The zero-order valence-electron chi connectivity index (χ0n) is 13.9. The lowest BCUT2D eigenvalue weighted by Gasteiger charge is -2.13. The van der Waals surface area contributed by atoms with Gasteiger partial charge in [0.15, 0.2) is 0 Å². The molecule has 9 nitrogen and oxygen atoms in total. The average molecular weight is 375 g/mol. The number of aliphatic hydroxyl groups is 1. The molecule has 10 heteroatoms. The zero-order chi connectivity index (χ0) is 18.6. The first-order chi connectivity index (χ1) is 12.5. The van der Waals surface area contributed by atoms with Crippen LogP contribution in [0.4, 0.5) is 5.69 Å². The Kier molecular flexibility index (Phi) is 5.14. The Morgan fingerprint density at radius 1 is 1.23 bits per heavy atom. The lowest BCUT2D eigenvalue weighted by atomic mass is 10.2. The number of anilines is 1. The van der Waals surface area contributed by atoms with Gasteiger partial charge in [-0.1, -0.05) is 6.07 Å². The quantitative estimate of drug-likeness (QED) is 0.640. The highest BCUT2D eigenvalue weighted by molar-refractivity contribution is 7.92. The molecule has 2 aromatic carbocycles. The van der Waals surface area contributed by atoms with E-state index in [1.807, 2.05) is 6.92 Å². The van der Waals surface area contributed by atoms with Crippen LogP contribution in [0.2, 0.25) is 0 Å². The van der Waals surface area contributed by atoms with Crippen LogP contribution >= 0.6 is 0 Å². The molecule has 0 aliphatic carbocycles. The number of aliphatic hydroxyl groups excluding tert-OH is 1. The van der Waals surface area contributed by atoms with Gasteiger partial charge in [-0.05, 0) is 53.7 Å². The van der Waals surface area contributed by atoms with Crippen molar-refractivity contribution < 1.29 is 18.3 Å². The van der Waals surface area contributed by atoms with Crippen molar-refractivity contribution in [3.05, 3.63) is 54.4 Å². The van der Waals surface area contributed by atoms with E-state index in [1.54, 1.807) is 24.3 Å². The summed E-state index contributed by atoms with van der Waals surface area (Å²) in [5.41, 5.74) is 1.33. The third kappa shape index (κ3) is 3.81. The van der Waals surface area contributed by atoms with Crippen LogP contribution in [0.25, 0.3) is 5.69 Å². The number of benzene rings is 2. The van der Waals surface area contributed by atoms with Crippen LogP contribution in [0.5, 0.6) is 5.75 Å². The summed E-state index contributed by atoms with van der Waals surface area (Å²) in [4.78, 5) is 0.0601. The molecular weight excluding hydrogens is 358 g/mol. The lowest BCUT2D eigenvalue weighted by molar-refractivity contribution is 0.267. The van der Waals surface area contributed by atoms with Crippen molar-refractivity contribution in [2.75, 3.05) is 11.3 Å². The third-order valence-electron chi connectivity index (χ3n) is 3.52. The second-order valence-electron chi connectivity index (χ2n) is 5.27. The molecule has 0 radical (unpaired) electrons. The standard InChI is InChI=1S/C16H17N5O4S/c1-2-25-16-7-6-13(8-12(16)10-22)18-26(23,24)15-5-3-4-14(9-15)21-11-17-19-20-21/h3-9,11,18,22H,2,10H2,1H3. The van der Waals surface area contributed by atoms with Gasteiger partial charge in [-0.25, -0.2) is 13.1 Å². The van der Waals surface area contributed by atoms with Gasteiger partial charge in [-0.15, -0.1) is 5.10 Å². The van der Waals surface area contributed by atoms with Gasteiger partial charge in [-0.3, -0.25) is 4.72 Å². The minimum atomic E-state index is -3.83. The molecule has 0 unspecified atom stereocenters. The first kappa shape index (κ1) is 17.8. The number of sulfonamides is 1. The molecule has 0 amide bonds. The van der Waals surface area contributed by atoms with E-state index in [2.05, 4.69) is 20.2 Å². The number of hydrogen-bond acceptors (Lipinski definition) is 7. The smallest absolute Gasteiger partial charge is 0.261 e. The Morgan fingerprint density at radius 2 is 2.08 bits per heavy atom. The highest BCUT2D eigenvalue weighted by Gasteiger charge is 2.16. The Labute approximate surface area is 150 Å². The van der Waals surface area contributed by atoms with Crippen molar-refractivity contribution in [3.63, 3.8) is 0 Å². The van der Waals surface area contributed by atoms with Crippen molar-refractivity contribution in [3.8, 4) is 11.4 Å². The highest BCUT2D eigenvalue weighted by Crippen LogP contribution is 2.25. The Hall–Kier alpha value is -2.98. The summed E-state index contributed by atoms with van der Waals surface area (Å²) in [5, 5.41) is 20.3. The van der Waals surface area contributed by atoms with E-state index in [9.17, 15) is 13.5 Å². The summed E-state index contributed by atoms with van der Waals surface area (Å²) in [6, 6.07) is 10.9. The Morgan fingerprint density at radius 3 is 2.77 bits per heavy atom. The molecule has 0 saturated heterocycles. The number of nitrogens with one attached hydrogen (secondary N) is 1. The van der Waals surface area contributed by atoms with Crippen molar-refractivity contribution in [2.24, 2.45) is 0 Å². The van der Waals surface area contributed by atoms with Gasteiger partial charge in [0.05, 0.1) is 23.8 Å². The van der Waals surface area contributed by atoms with Crippen LogP contribution in [-0.2, 0) is 16.6 Å². The monoisotopic (exact) mass is 375 g/mol. The molecule has 0 fully saturated rings. The fourth-order valence-corrected chi connectivity index (χ4v) is 3.44. The van der Waals surface area contributed by atoms with Crippen LogP contribution in [0.15, 0.2) is 53.7 Å². The average Bonchev–Trinajstić information content (AvgIpc) is 3.18. The third-order valence-corrected chi connectivity index (χ3v) is 4.90. The topological polar surface area (TPSA) is 119 Å². The lowest BCUT2D eigenvalue weighted by Crippen LogP contribution is -2.14. The van der Waals surface area contributed by atoms with Crippen molar-refractivity contribution in [1.29, 1.82) is 0 Å². The maximum Gasteiger partial charge on any atom is 0.261 e.